The molecular formula is C26H31N5O2. The van der Waals surface area contributed by atoms with Crippen LogP contribution in [0.3, 0.4) is 0 Å². The van der Waals surface area contributed by atoms with Crippen LogP contribution in [0.5, 0.6) is 5.75 Å². The summed E-state index contributed by atoms with van der Waals surface area (Å²) in [5.74, 6) is 2.19. The van der Waals surface area contributed by atoms with Crippen molar-refractivity contribution in [3.05, 3.63) is 78.1 Å². The molecule has 2 heterocycles. The molecule has 172 valence electrons. The zero-order valence-electron chi connectivity index (χ0n) is 19.3. The molecule has 4 rings (SSSR count). The average Bonchev–Trinajstić information content (AvgIpc) is 2.84. The van der Waals surface area contributed by atoms with Crippen LogP contribution in [-0.4, -0.2) is 53.6 Å². The summed E-state index contributed by atoms with van der Waals surface area (Å²) >= 11 is 0. The minimum Gasteiger partial charge on any atom is -0.484 e. The van der Waals surface area contributed by atoms with Crippen LogP contribution in [0.25, 0.3) is 0 Å². The van der Waals surface area contributed by atoms with E-state index in [0.717, 1.165) is 38.5 Å². The minimum absolute atomic E-state index is 0.0709. The van der Waals surface area contributed by atoms with Gasteiger partial charge in [0.2, 0.25) is 0 Å². The van der Waals surface area contributed by atoms with Crippen LogP contribution in [0, 0.1) is 0 Å². The predicted octanol–water partition coefficient (Wildman–Crippen LogP) is 3.94. The molecule has 2 aromatic carbocycles. The first-order valence-corrected chi connectivity index (χ1v) is 11.4. The molecule has 1 aromatic heterocycles. The van der Waals surface area contributed by atoms with Crippen LogP contribution in [0.1, 0.15) is 30.9 Å². The molecule has 0 spiro atoms. The Balaban J connectivity index is 1.26. The van der Waals surface area contributed by atoms with Crippen LogP contribution in [0.4, 0.5) is 11.6 Å². The van der Waals surface area contributed by atoms with Gasteiger partial charge in [0.25, 0.3) is 5.91 Å². The van der Waals surface area contributed by atoms with Gasteiger partial charge in [-0.1, -0.05) is 56.3 Å². The Morgan fingerprint density at radius 1 is 1.00 bits per heavy atom. The molecule has 0 saturated carbocycles. The quantitative estimate of drug-likeness (QED) is 0.566. The highest BCUT2D eigenvalue weighted by Crippen LogP contribution is 2.19. The number of aromatic nitrogens is 2. The first-order chi connectivity index (χ1) is 16.1. The van der Waals surface area contributed by atoms with Crippen molar-refractivity contribution < 1.29 is 9.53 Å². The second-order valence-electron chi connectivity index (χ2n) is 8.57. The molecule has 1 fully saturated rings. The summed E-state index contributed by atoms with van der Waals surface area (Å²) in [4.78, 5) is 25.6. The van der Waals surface area contributed by atoms with Crippen molar-refractivity contribution >= 4 is 17.5 Å². The van der Waals surface area contributed by atoms with Gasteiger partial charge in [-0.15, -0.1) is 0 Å². The molecule has 0 radical (unpaired) electrons. The summed E-state index contributed by atoms with van der Waals surface area (Å²) in [5.41, 5.74) is 2.57. The third-order valence-electron chi connectivity index (χ3n) is 5.78. The van der Waals surface area contributed by atoms with Crippen LogP contribution in [0.15, 0.2) is 67.0 Å². The van der Waals surface area contributed by atoms with E-state index in [4.69, 9.17) is 4.74 Å². The lowest BCUT2D eigenvalue weighted by atomic mass is 10.0. The number of carbonyl (C=O) groups is 1. The Kier molecular flexibility index (Phi) is 7.52. The maximum Gasteiger partial charge on any atom is 0.263 e. The maximum atomic E-state index is 12.3. The van der Waals surface area contributed by atoms with Gasteiger partial charge in [-0.25, -0.2) is 9.97 Å². The zero-order chi connectivity index (χ0) is 23.0. The molecule has 1 amide bonds. The number of nitrogens with one attached hydrogen (secondary N) is 1. The van der Waals surface area contributed by atoms with Crippen molar-refractivity contribution in [3.8, 4) is 5.75 Å². The van der Waals surface area contributed by atoms with Crippen molar-refractivity contribution in [3.63, 3.8) is 0 Å². The van der Waals surface area contributed by atoms with E-state index in [-0.39, 0.29) is 12.5 Å². The number of rotatable bonds is 8. The number of anilines is 2. The zero-order valence-corrected chi connectivity index (χ0v) is 19.3. The summed E-state index contributed by atoms with van der Waals surface area (Å²) in [5, 5.41) is 2.81. The number of piperazine rings is 1. The number of nitrogens with zero attached hydrogens (tertiary/aromatic N) is 4. The predicted molar refractivity (Wildman–Crippen MR) is 131 cm³/mol. The van der Waals surface area contributed by atoms with E-state index in [0.29, 0.717) is 17.5 Å². The molecule has 3 aromatic rings. The van der Waals surface area contributed by atoms with Gasteiger partial charge in [0.05, 0.1) is 0 Å². The first kappa shape index (κ1) is 22.7. The standard InChI is InChI=1S/C26H31N5O2/c1-20(2)22-8-10-23(11-9-22)33-18-26(32)29-24-16-25(28-19-27-24)31-14-12-30(13-15-31)17-21-6-4-3-5-7-21/h3-11,16,19-20H,12-15,17-18H2,1-2H3,(H,27,28,29,32). The summed E-state index contributed by atoms with van der Waals surface area (Å²) in [6, 6.07) is 20.2. The van der Waals surface area contributed by atoms with Crippen LogP contribution < -0.4 is 15.0 Å². The minimum atomic E-state index is -0.250. The van der Waals surface area contributed by atoms with E-state index in [1.807, 2.05) is 36.4 Å². The highest BCUT2D eigenvalue weighted by atomic mass is 16.5. The molecule has 7 heteroatoms. The third kappa shape index (κ3) is 6.52. The van der Waals surface area contributed by atoms with E-state index in [9.17, 15) is 4.79 Å². The molecule has 1 saturated heterocycles. The molecule has 0 bridgehead atoms. The SMILES string of the molecule is CC(C)c1ccc(OCC(=O)Nc2cc(N3CCN(Cc4ccccc4)CC3)ncn2)cc1. The summed E-state index contributed by atoms with van der Waals surface area (Å²) in [7, 11) is 0. The average molecular weight is 446 g/mol. The Morgan fingerprint density at radius 2 is 1.73 bits per heavy atom. The summed E-state index contributed by atoms with van der Waals surface area (Å²) in [6.07, 6.45) is 1.49. The molecule has 1 aliphatic rings. The molecular weight excluding hydrogens is 414 g/mol. The molecule has 33 heavy (non-hydrogen) atoms. The number of hydrogen-bond acceptors (Lipinski definition) is 6. The van der Waals surface area contributed by atoms with Crippen molar-refractivity contribution in [1.29, 1.82) is 0 Å². The highest BCUT2D eigenvalue weighted by molar-refractivity contribution is 5.91. The molecule has 0 unspecified atom stereocenters. The second kappa shape index (κ2) is 10.9. The Hall–Kier alpha value is -3.45. The molecule has 1 aliphatic heterocycles. The Morgan fingerprint density at radius 3 is 2.42 bits per heavy atom. The molecule has 0 atom stereocenters. The van der Waals surface area contributed by atoms with Gasteiger partial charge in [0.15, 0.2) is 6.61 Å². The van der Waals surface area contributed by atoms with E-state index >= 15 is 0 Å². The van der Waals surface area contributed by atoms with Crippen LogP contribution in [-0.2, 0) is 11.3 Å². The van der Waals surface area contributed by atoms with Gasteiger partial charge in [-0.05, 0) is 29.2 Å². The highest BCUT2D eigenvalue weighted by Gasteiger charge is 2.19. The van der Waals surface area contributed by atoms with E-state index in [2.05, 4.69) is 63.2 Å². The third-order valence-corrected chi connectivity index (χ3v) is 5.78. The van der Waals surface area contributed by atoms with Crippen LogP contribution in [0.2, 0.25) is 0 Å². The van der Waals surface area contributed by atoms with E-state index < -0.39 is 0 Å². The normalized spacial score (nSPS) is 14.3. The van der Waals surface area contributed by atoms with Crippen molar-refractivity contribution in [2.24, 2.45) is 0 Å². The second-order valence-corrected chi connectivity index (χ2v) is 8.57. The van der Waals surface area contributed by atoms with Gasteiger partial charge >= 0.3 is 0 Å². The van der Waals surface area contributed by atoms with Crippen molar-refractivity contribution in [2.75, 3.05) is 43.0 Å². The summed E-state index contributed by atoms with van der Waals surface area (Å²) in [6.45, 7) is 8.86. The number of carbonyl (C=O) groups excluding carboxylic acids is 1. The number of ether oxygens (including phenoxy) is 1. The Labute approximate surface area is 195 Å². The maximum absolute atomic E-state index is 12.3. The van der Waals surface area contributed by atoms with Crippen molar-refractivity contribution in [1.82, 2.24) is 14.9 Å². The van der Waals surface area contributed by atoms with Gasteiger partial charge < -0.3 is 15.0 Å². The fourth-order valence-electron chi connectivity index (χ4n) is 3.84. The van der Waals surface area contributed by atoms with Gasteiger partial charge in [-0.3, -0.25) is 9.69 Å². The van der Waals surface area contributed by atoms with Gasteiger partial charge in [0.1, 0.15) is 23.7 Å². The van der Waals surface area contributed by atoms with Gasteiger partial charge in [0, 0.05) is 38.8 Å². The lowest BCUT2D eigenvalue weighted by Gasteiger charge is -2.35. The number of benzene rings is 2. The Bertz CT molecular complexity index is 1030. The largest absolute Gasteiger partial charge is 0.484 e. The van der Waals surface area contributed by atoms with Gasteiger partial charge in [-0.2, -0.15) is 0 Å². The first-order valence-electron chi connectivity index (χ1n) is 11.4. The molecule has 1 N–H and O–H groups in total. The summed E-state index contributed by atoms with van der Waals surface area (Å²) < 4.78 is 5.61. The smallest absolute Gasteiger partial charge is 0.263 e. The monoisotopic (exact) mass is 445 g/mol. The number of amides is 1. The van der Waals surface area contributed by atoms with E-state index in [1.165, 1.54) is 17.5 Å². The lowest BCUT2D eigenvalue weighted by molar-refractivity contribution is -0.118. The van der Waals surface area contributed by atoms with Crippen molar-refractivity contribution in [2.45, 2.75) is 26.3 Å². The number of hydrogen-bond donors (Lipinski definition) is 1. The topological polar surface area (TPSA) is 70.6 Å². The molecule has 0 aliphatic carbocycles. The van der Waals surface area contributed by atoms with E-state index in [1.54, 1.807) is 0 Å². The fraction of sp³-hybridized carbons (Fsp3) is 0.346. The fourth-order valence-corrected chi connectivity index (χ4v) is 3.84. The van der Waals surface area contributed by atoms with Crippen LogP contribution >= 0.6 is 0 Å². The molecule has 7 nitrogen and oxygen atoms in total. The lowest BCUT2D eigenvalue weighted by Crippen LogP contribution is -2.46.